The summed E-state index contributed by atoms with van der Waals surface area (Å²) in [4.78, 5) is 20.2. The van der Waals surface area contributed by atoms with E-state index < -0.39 is 17.4 Å². The lowest BCUT2D eigenvalue weighted by atomic mass is 10.0. The molecular formula is C17H21F3N4O. The largest absolute Gasteiger partial charge is 0.433 e. The van der Waals surface area contributed by atoms with Crippen molar-refractivity contribution in [1.29, 1.82) is 0 Å². The number of hydrogen-bond acceptors (Lipinski definition) is 4. The monoisotopic (exact) mass is 354 g/mol. The molecule has 0 radical (unpaired) electrons. The van der Waals surface area contributed by atoms with Gasteiger partial charge in [0.25, 0.3) is 5.56 Å². The molecule has 1 atom stereocenters. The number of piperidine rings is 1. The lowest BCUT2D eigenvalue weighted by molar-refractivity contribution is -0.141. The molecule has 0 amide bonds. The number of halogens is 3. The second-order valence-corrected chi connectivity index (χ2v) is 6.55. The van der Waals surface area contributed by atoms with Gasteiger partial charge in [-0.2, -0.15) is 13.2 Å². The first-order valence-corrected chi connectivity index (χ1v) is 8.53. The van der Waals surface area contributed by atoms with Gasteiger partial charge in [0, 0.05) is 12.6 Å². The van der Waals surface area contributed by atoms with Crippen LogP contribution in [0.2, 0.25) is 0 Å². The van der Waals surface area contributed by atoms with Crippen LogP contribution < -0.4 is 10.9 Å². The van der Waals surface area contributed by atoms with Gasteiger partial charge in [0.1, 0.15) is 5.69 Å². The van der Waals surface area contributed by atoms with Crippen molar-refractivity contribution in [2.45, 2.75) is 57.8 Å². The van der Waals surface area contributed by atoms with E-state index >= 15 is 0 Å². The van der Waals surface area contributed by atoms with Crippen LogP contribution in [0.5, 0.6) is 0 Å². The zero-order valence-corrected chi connectivity index (χ0v) is 14.1. The fraction of sp³-hybridized carbons (Fsp3) is 0.588. The number of fused-ring (bicyclic) bond motifs is 1. The molecule has 3 heterocycles. The van der Waals surface area contributed by atoms with Gasteiger partial charge in [0.2, 0.25) is 0 Å². The van der Waals surface area contributed by atoms with E-state index in [1.54, 1.807) is 0 Å². The van der Waals surface area contributed by atoms with Crippen molar-refractivity contribution in [2.24, 2.45) is 0 Å². The molecule has 0 bridgehead atoms. The minimum Gasteiger partial charge on any atom is -0.314 e. The first kappa shape index (κ1) is 17.8. The third-order valence-corrected chi connectivity index (χ3v) is 4.63. The van der Waals surface area contributed by atoms with E-state index in [-0.39, 0.29) is 11.0 Å². The number of hydrogen-bond donors (Lipinski definition) is 1. The lowest BCUT2D eigenvalue weighted by Gasteiger charge is -2.23. The van der Waals surface area contributed by atoms with Crippen molar-refractivity contribution >= 4 is 11.0 Å². The van der Waals surface area contributed by atoms with Crippen molar-refractivity contribution in [3.05, 3.63) is 34.0 Å². The lowest BCUT2D eigenvalue weighted by Crippen LogP contribution is -2.34. The van der Waals surface area contributed by atoms with E-state index in [0.717, 1.165) is 31.9 Å². The van der Waals surface area contributed by atoms with E-state index in [1.165, 1.54) is 30.7 Å². The van der Waals surface area contributed by atoms with Gasteiger partial charge in [0.05, 0.1) is 11.8 Å². The Morgan fingerprint density at radius 2 is 2.12 bits per heavy atom. The second-order valence-electron chi connectivity index (χ2n) is 6.55. The predicted octanol–water partition coefficient (Wildman–Crippen LogP) is 3.04. The summed E-state index contributed by atoms with van der Waals surface area (Å²) in [5.74, 6) is 0. The maximum Gasteiger partial charge on any atom is 0.433 e. The van der Waals surface area contributed by atoms with Gasteiger partial charge < -0.3 is 5.32 Å². The van der Waals surface area contributed by atoms with E-state index in [2.05, 4.69) is 15.3 Å². The van der Waals surface area contributed by atoms with Crippen molar-refractivity contribution < 1.29 is 13.2 Å². The summed E-state index contributed by atoms with van der Waals surface area (Å²) in [5.41, 5.74) is -1.27. The highest BCUT2D eigenvalue weighted by molar-refractivity contribution is 5.76. The number of aryl methyl sites for hydroxylation is 2. The molecule has 0 saturated carbocycles. The molecule has 8 heteroatoms. The van der Waals surface area contributed by atoms with Gasteiger partial charge in [-0.25, -0.2) is 9.97 Å². The third-order valence-electron chi connectivity index (χ3n) is 4.63. The molecule has 25 heavy (non-hydrogen) atoms. The van der Waals surface area contributed by atoms with Crippen LogP contribution in [0.3, 0.4) is 0 Å². The SMILES string of the molecule is Cc1cc(C(F)(F)F)nc2c(=O)n(CCC[C@@H]3CCCCN3)cnc12. The van der Waals surface area contributed by atoms with Gasteiger partial charge in [-0.1, -0.05) is 6.42 Å². The predicted molar refractivity (Wildman–Crippen MR) is 88.4 cm³/mol. The fourth-order valence-corrected chi connectivity index (χ4v) is 3.28. The van der Waals surface area contributed by atoms with Gasteiger partial charge in [-0.3, -0.25) is 9.36 Å². The minimum absolute atomic E-state index is 0.217. The molecule has 2 aromatic rings. The molecular weight excluding hydrogens is 333 g/mol. The average Bonchev–Trinajstić information content (AvgIpc) is 2.57. The van der Waals surface area contributed by atoms with Gasteiger partial charge in [0.15, 0.2) is 5.52 Å². The van der Waals surface area contributed by atoms with Gasteiger partial charge in [-0.15, -0.1) is 0 Å². The van der Waals surface area contributed by atoms with Crippen molar-refractivity contribution in [3.8, 4) is 0 Å². The zero-order chi connectivity index (χ0) is 18.0. The number of alkyl halides is 3. The molecule has 1 aliphatic rings. The standard InChI is InChI=1S/C17H21F3N4O/c1-11-9-13(17(18,19)20)23-15-14(11)22-10-24(16(15)25)8-4-6-12-5-2-3-7-21-12/h9-10,12,21H,2-8H2,1H3/t12-/m0/s1. The van der Waals surface area contributed by atoms with E-state index in [4.69, 9.17) is 0 Å². The molecule has 0 aromatic carbocycles. The first-order valence-electron chi connectivity index (χ1n) is 8.53. The topological polar surface area (TPSA) is 59.8 Å². The fourth-order valence-electron chi connectivity index (χ4n) is 3.28. The van der Waals surface area contributed by atoms with Crippen molar-refractivity contribution in [3.63, 3.8) is 0 Å². The van der Waals surface area contributed by atoms with Crippen molar-refractivity contribution in [1.82, 2.24) is 19.9 Å². The highest BCUT2D eigenvalue weighted by Gasteiger charge is 2.33. The highest BCUT2D eigenvalue weighted by atomic mass is 19.4. The minimum atomic E-state index is -4.58. The van der Waals surface area contributed by atoms with Crippen LogP contribution >= 0.6 is 0 Å². The van der Waals surface area contributed by atoms with E-state index in [0.29, 0.717) is 18.2 Å². The van der Waals surface area contributed by atoms with E-state index in [9.17, 15) is 18.0 Å². The highest BCUT2D eigenvalue weighted by Crippen LogP contribution is 2.29. The molecule has 1 N–H and O–H groups in total. The Morgan fingerprint density at radius 1 is 1.32 bits per heavy atom. The molecule has 136 valence electrons. The Hall–Kier alpha value is -1.96. The Morgan fingerprint density at radius 3 is 2.80 bits per heavy atom. The Labute approximate surface area is 143 Å². The van der Waals surface area contributed by atoms with Gasteiger partial charge >= 0.3 is 6.18 Å². The summed E-state index contributed by atoms with van der Waals surface area (Å²) in [6.45, 7) is 2.95. The van der Waals surface area contributed by atoms with E-state index in [1.807, 2.05) is 0 Å². The van der Waals surface area contributed by atoms with Crippen molar-refractivity contribution in [2.75, 3.05) is 6.54 Å². The third kappa shape index (κ3) is 4.00. The summed E-state index contributed by atoms with van der Waals surface area (Å²) >= 11 is 0. The smallest absolute Gasteiger partial charge is 0.314 e. The van der Waals surface area contributed by atoms with Crippen LogP contribution in [-0.4, -0.2) is 27.1 Å². The molecule has 0 unspecified atom stereocenters. The summed E-state index contributed by atoms with van der Waals surface area (Å²) in [7, 11) is 0. The quantitative estimate of drug-likeness (QED) is 0.917. The average molecular weight is 354 g/mol. The number of nitrogens with zero attached hydrogens (tertiary/aromatic N) is 3. The maximum atomic E-state index is 12.9. The first-order chi connectivity index (χ1) is 11.9. The van der Waals surface area contributed by atoms with Crippen LogP contribution in [0.25, 0.3) is 11.0 Å². The molecule has 5 nitrogen and oxygen atoms in total. The Balaban J connectivity index is 1.82. The van der Waals surface area contributed by atoms with Crippen LogP contribution in [-0.2, 0) is 12.7 Å². The molecule has 1 saturated heterocycles. The summed E-state index contributed by atoms with van der Waals surface area (Å²) in [6, 6.07) is 1.38. The Kier molecular flexibility index (Phi) is 5.08. The van der Waals surface area contributed by atoms with Crippen LogP contribution in [0.1, 0.15) is 43.4 Å². The molecule has 1 aliphatic heterocycles. The Bertz CT molecular complexity index is 810. The molecule has 2 aromatic heterocycles. The van der Waals surface area contributed by atoms with Crippen LogP contribution in [0.4, 0.5) is 13.2 Å². The number of aromatic nitrogens is 3. The molecule has 0 aliphatic carbocycles. The number of pyridine rings is 1. The molecule has 1 fully saturated rings. The zero-order valence-electron chi connectivity index (χ0n) is 14.1. The van der Waals surface area contributed by atoms with Crippen LogP contribution in [0, 0.1) is 6.92 Å². The van der Waals surface area contributed by atoms with Gasteiger partial charge in [-0.05, 0) is 50.8 Å². The number of nitrogens with one attached hydrogen (secondary N) is 1. The molecule has 0 spiro atoms. The normalized spacial score (nSPS) is 18.6. The second kappa shape index (κ2) is 7.11. The molecule has 3 rings (SSSR count). The summed E-state index contributed by atoms with van der Waals surface area (Å²) in [6.07, 6.45) is 2.04. The maximum absolute atomic E-state index is 12.9. The number of rotatable bonds is 4. The summed E-state index contributed by atoms with van der Waals surface area (Å²) < 4.78 is 40.2. The van der Waals surface area contributed by atoms with Crippen LogP contribution in [0.15, 0.2) is 17.2 Å². The summed E-state index contributed by atoms with van der Waals surface area (Å²) in [5, 5.41) is 3.44.